The van der Waals surface area contributed by atoms with E-state index in [2.05, 4.69) is 5.92 Å². The minimum atomic E-state index is -2.66. The quantitative estimate of drug-likeness (QED) is 0.424. The van der Waals surface area contributed by atoms with Crippen molar-refractivity contribution in [3.05, 3.63) is 0 Å². The van der Waals surface area contributed by atoms with E-state index in [-0.39, 0.29) is 31.5 Å². The van der Waals surface area contributed by atoms with E-state index in [0.717, 1.165) is 6.92 Å². The van der Waals surface area contributed by atoms with Crippen LogP contribution in [0.1, 0.15) is 60.3 Å². The Hall–Kier alpha value is -2.01. The molecule has 1 aliphatic heterocycles. The van der Waals surface area contributed by atoms with Crippen molar-refractivity contribution in [1.29, 1.82) is 0 Å². The molecule has 29 heavy (non-hydrogen) atoms. The number of hydrogen-bond acceptors (Lipinski definition) is 6. The van der Waals surface area contributed by atoms with Crippen LogP contribution in [0.3, 0.4) is 0 Å². The van der Waals surface area contributed by atoms with E-state index < -0.39 is 54.1 Å². The third-order valence-corrected chi connectivity index (χ3v) is 5.09. The Bertz CT molecular complexity index is 642. The molecule has 0 saturated carbocycles. The van der Waals surface area contributed by atoms with Crippen LogP contribution in [0.5, 0.6) is 0 Å². The van der Waals surface area contributed by atoms with Gasteiger partial charge in [-0.05, 0) is 26.2 Å². The molecule has 0 aromatic heterocycles. The predicted molar refractivity (Wildman–Crippen MR) is 101 cm³/mol. The number of carbonyl (C=O) groups excluding carboxylic acids is 3. The van der Waals surface area contributed by atoms with Crippen molar-refractivity contribution in [2.24, 2.45) is 11.8 Å². The van der Waals surface area contributed by atoms with E-state index >= 15 is 0 Å². The smallest absolute Gasteiger partial charge is 0.307 e. The number of Topliss-reactive ketones (excluding diaryl/α,β-unsaturated/α-hetero) is 1. The van der Waals surface area contributed by atoms with Crippen molar-refractivity contribution < 1.29 is 37.4 Å². The molecule has 0 bridgehead atoms. The molecule has 7 atom stereocenters. The molecule has 1 heterocycles. The Balaban J connectivity index is 3.34. The molecule has 1 aliphatic rings. The van der Waals surface area contributed by atoms with Crippen LogP contribution in [0, 0.1) is 24.2 Å². The lowest BCUT2D eigenvalue weighted by Crippen LogP contribution is -2.60. The zero-order valence-corrected chi connectivity index (χ0v) is 17.6. The second-order valence-corrected chi connectivity index (χ2v) is 7.61. The Morgan fingerprint density at radius 1 is 1.28 bits per heavy atom. The first kappa shape index (κ1) is 25.0. The summed E-state index contributed by atoms with van der Waals surface area (Å²) in [6.45, 7) is 6.64. The number of terminal acetylenes is 1. The van der Waals surface area contributed by atoms with Gasteiger partial charge in [0.2, 0.25) is 5.85 Å². The maximum Gasteiger partial charge on any atom is 0.307 e. The van der Waals surface area contributed by atoms with Crippen molar-refractivity contribution in [1.82, 2.24) is 0 Å². The molecule has 0 spiro atoms. The maximum absolute atomic E-state index is 14.8. The van der Waals surface area contributed by atoms with Gasteiger partial charge in [0.15, 0.2) is 12.3 Å². The Morgan fingerprint density at radius 2 is 1.90 bits per heavy atom. The second kappa shape index (κ2) is 10.7. The van der Waals surface area contributed by atoms with Gasteiger partial charge in [0, 0.05) is 25.7 Å². The fourth-order valence-electron chi connectivity index (χ4n) is 3.68. The minimum Gasteiger partial charge on any atom is -0.459 e. The fraction of sp³-hybridized carbons (Fsp3) is 0.762. The van der Waals surface area contributed by atoms with Gasteiger partial charge < -0.3 is 19.0 Å². The van der Waals surface area contributed by atoms with E-state index in [9.17, 15) is 23.2 Å². The van der Waals surface area contributed by atoms with Crippen LogP contribution in [-0.4, -0.2) is 48.1 Å². The number of esters is 2. The van der Waals surface area contributed by atoms with Gasteiger partial charge in [-0.15, -0.1) is 12.3 Å². The fourth-order valence-corrected chi connectivity index (χ4v) is 3.68. The molecule has 5 unspecified atom stereocenters. The van der Waals surface area contributed by atoms with Gasteiger partial charge in [-0.2, -0.15) is 0 Å². The summed E-state index contributed by atoms with van der Waals surface area (Å²) in [6, 6.07) is 0. The SMILES string of the molecule is C#CCCC(=O)O[C@@H](C1OC(C)(F)C(F)C(C)C1CC(C)=O)[C@@H](CC)OC(C)=O. The summed E-state index contributed by atoms with van der Waals surface area (Å²) < 4.78 is 45.6. The molecule has 0 aliphatic carbocycles. The van der Waals surface area contributed by atoms with Gasteiger partial charge in [0.05, 0.1) is 6.42 Å². The van der Waals surface area contributed by atoms with Crippen LogP contribution in [0.2, 0.25) is 0 Å². The Morgan fingerprint density at radius 3 is 2.38 bits per heavy atom. The lowest BCUT2D eigenvalue weighted by molar-refractivity contribution is -0.292. The third kappa shape index (κ3) is 6.77. The third-order valence-electron chi connectivity index (χ3n) is 5.09. The first-order chi connectivity index (χ1) is 13.4. The molecule has 0 aromatic rings. The molecule has 0 N–H and O–H groups in total. The van der Waals surface area contributed by atoms with Crippen LogP contribution in [0.4, 0.5) is 8.78 Å². The number of rotatable bonds is 9. The average Bonchev–Trinajstić information content (AvgIpc) is 2.63. The number of hydrogen-bond donors (Lipinski definition) is 0. The highest BCUT2D eigenvalue weighted by atomic mass is 19.2. The lowest BCUT2D eigenvalue weighted by Gasteiger charge is -2.47. The molecule has 8 heteroatoms. The first-order valence-electron chi connectivity index (χ1n) is 9.74. The summed E-state index contributed by atoms with van der Waals surface area (Å²) in [5.41, 5.74) is 0. The number of alkyl halides is 2. The van der Waals surface area contributed by atoms with E-state index in [1.807, 2.05) is 0 Å². The lowest BCUT2D eigenvalue weighted by atomic mass is 9.75. The van der Waals surface area contributed by atoms with Crippen LogP contribution in [0.15, 0.2) is 0 Å². The molecule has 1 rings (SSSR count). The van der Waals surface area contributed by atoms with Crippen molar-refractivity contribution in [2.45, 2.75) is 90.6 Å². The van der Waals surface area contributed by atoms with E-state index in [0.29, 0.717) is 0 Å². The van der Waals surface area contributed by atoms with Crippen molar-refractivity contribution in [2.75, 3.05) is 0 Å². The van der Waals surface area contributed by atoms with Crippen molar-refractivity contribution >= 4 is 17.7 Å². The molecular weight excluding hydrogens is 386 g/mol. The zero-order valence-electron chi connectivity index (χ0n) is 17.6. The summed E-state index contributed by atoms with van der Waals surface area (Å²) in [7, 11) is 0. The van der Waals surface area contributed by atoms with E-state index in [1.54, 1.807) is 6.92 Å². The number of ketones is 1. The van der Waals surface area contributed by atoms with Crippen LogP contribution >= 0.6 is 0 Å². The van der Waals surface area contributed by atoms with Crippen LogP contribution in [0.25, 0.3) is 0 Å². The molecule has 164 valence electrons. The summed E-state index contributed by atoms with van der Waals surface area (Å²) in [4.78, 5) is 35.6. The molecule has 0 aromatic carbocycles. The highest BCUT2D eigenvalue weighted by Crippen LogP contribution is 2.44. The van der Waals surface area contributed by atoms with Crippen LogP contribution < -0.4 is 0 Å². The van der Waals surface area contributed by atoms with Gasteiger partial charge in [0.1, 0.15) is 18.0 Å². The highest BCUT2D eigenvalue weighted by molar-refractivity contribution is 5.76. The second-order valence-electron chi connectivity index (χ2n) is 7.61. The van der Waals surface area contributed by atoms with Crippen molar-refractivity contribution in [3.8, 4) is 12.3 Å². The average molecular weight is 416 g/mol. The molecule has 6 nitrogen and oxygen atoms in total. The van der Waals surface area contributed by atoms with E-state index in [1.165, 1.54) is 20.8 Å². The normalized spacial score (nSPS) is 31.2. The van der Waals surface area contributed by atoms with Gasteiger partial charge in [0.25, 0.3) is 0 Å². The summed E-state index contributed by atoms with van der Waals surface area (Å²) in [5.74, 6) is -3.57. The number of carbonyl (C=O) groups is 3. The Labute approximate surface area is 170 Å². The van der Waals surface area contributed by atoms with Gasteiger partial charge in [-0.3, -0.25) is 9.59 Å². The van der Waals surface area contributed by atoms with Crippen LogP contribution in [-0.2, 0) is 28.6 Å². The Kier molecular flexibility index (Phi) is 9.21. The van der Waals surface area contributed by atoms with Gasteiger partial charge in [-0.25, -0.2) is 8.78 Å². The zero-order chi connectivity index (χ0) is 22.4. The van der Waals surface area contributed by atoms with E-state index in [4.69, 9.17) is 20.6 Å². The highest BCUT2D eigenvalue weighted by Gasteiger charge is 2.55. The molecular formula is C21H30F2O6. The first-order valence-corrected chi connectivity index (χ1v) is 9.74. The topological polar surface area (TPSA) is 78.9 Å². The minimum absolute atomic E-state index is 0.0955. The largest absolute Gasteiger partial charge is 0.459 e. The summed E-state index contributed by atoms with van der Waals surface area (Å²) in [5, 5.41) is 0. The summed E-state index contributed by atoms with van der Waals surface area (Å²) >= 11 is 0. The molecule has 1 saturated heterocycles. The van der Waals surface area contributed by atoms with Gasteiger partial charge in [-0.1, -0.05) is 13.8 Å². The van der Waals surface area contributed by atoms with Gasteiger partial charge >= 0.3 is 11.9 Å². The monoisotopic (exact) mass is 416 g/mol. The molecule has 1 fully saturated rings. The maximum atomic E-state index is 14.8. The number of halogens is 2. The predicted octanol–water partition coefficient (Wildman–Crippen LogP) is 3.31. The standard InChI is InChI=1S/C21H30F2O6/c1-7-9-10-17(26)28-19(16(8-2)27-14(5)25)18-15(11-12(3)24)13(4)20(22)21(6,23)29-18/h1,13,15-16,18-20H,8-11H2,2-6H3/t13?,15?,16-,18?,19-,20?,21?/m1/s1. The van der Waals surface area contributed by atoms with Crippen molar-refractivity contribution in [3.63, 3.8) is 0 Å². The molecule has 0 radical (unpaired) electrons. The summed E-state index contributed by atoms with van der Waals surface area (Å²) in [6.07, 6.45) is -0.00756. The number of ether oxygens (including phenoxy) is 3. The molecule has 0 amide bonds.